The van der Waals surface area contributed by atoms with Crippen molar-refractivity contribution >= 4 is 5.91 Å². The van der Waals surface area contributed by atoms with Crippen molar-refractivity contribution in [2.24, 2.45) is 13.0 Å². The number of hydrogen-bond donors (Lipinski definition) is 1. The Morgan fingerprint density at radius 2 is 2.41 bits per heavy atom. The Morgan fingerprint density at radius 1 is 1.71 bits per heavy atom. The summed E-state index contributed by atoms with van der Waals surface area (Å²) in [6.07, 6.45) is 6.14. The fourth-order valence-corrected chi connectivity index (χ4v) is 2.02. The highest BCUT2D eigenvalue weighted by atomic mass is 16.2. The van der Waals surface area contributed by atoms with Crippen LogP contribution >= 0.6 is 0 Å². The third kappa shape index (κ3) is 2.85. The van der Waals surface area contributed by atoms with Crippen LogP contribution in [0.2, 0.25) is 0 Å². The minimum atomic E-state index is -0.285. The maximum atomic E-state index is 12.3. The summed E-state index contributed by atoms with van der Waals surface area (Å²) in [6.45, 7) is 0.872. The molecule has 1 saturated carbocycles. The van der Waals surface area contributed by atoms with Gasteiger partial charge in [-0.15, -0.1) is 0 Å². The molecule has 1 fully saturated rings. The first-order valence-electron chi connectivity index (χ1n) is 6.02. The van der Waals surface area contributed by atoms with E-state index in [0.717, 1.165) is 18.0 Å². The van der Waals surface area contributed by atoms with E-state index >= 15 is 0 Å². The summed E-state index contributed by atoms with van der Waals surface area (Å²) in [7, 11) is 5.54. The summed E-state index contributed by atoms with van der Waals surface area (Å²) in [5, 5.41) is 7.17. The Kier molecular flexibility index (Phi) is 3.47. The predicted octanol–water partition coefficient (Wildman–Crippen LogP) is 0.549. The lowest BCUT2D eigenvalue weighted by atomic mass is 10.1. The molecule has 0 saturated heterocycles. The van der Waals surface area contributed by atoms with Gasteiger partial charge in [-0.05, 0) is 25.8 Å². The normalized spacial score (nSPS) is 16.9. The van der Waals surface area contributed by atoms with Crippen molar-refractivity contribution in [2.75, 3.05) is 20.6 Å². The molecule has 1 aliphatic carbocycles. The van der Waals surface area contributed by atoms with Crippen LogP contribution in [0, 0.1) is 5.92 Å². The molecule has 0 aliphatic heterocycles. The summed E-state index contributed by atoms with van der Waals surface area (Å²) in [6, 6.07) is -0.285. The monoisotopic (exact) mass is 236 g/mol. The van der Waals surface area contributed by atoms with Gasteiger partial charge in [-0.3, -0.25) is 9.48 Å². The van der Waals surface area contributed by atoms with E-state index in [-0.39, 0.29) is 11.9 Å². The highest BCUT2D eigenvalue weighted by molar-refractivity contribution is 5.83. The van der Waals surface area contributed by atoms with Gasteiger partial charge in [0.15, 0.2) is 0 Å². The fraction of sp³-hybridized carbons (Fsp3) is 0.667. The van der Waals surface area contributed by atoms with E-state index in [0.29, 0.717) is 0 Å². The first kappa shape index (κ1) is 12.1. The number of nitrogens with one attached hydrogen (secondary N) is 1. The summed E-state index contributed by atoms with van der Waals surface area (Å²) < 4.78 is 1.72. The Balaban J connectivity index is 2.03. The van der Waals surface area contributed by atoms with Gasteiger partial charge in [0.1, 0.15) is 6.04 Å². The van der Waals surface area contributed by atoms with Crippen LogP contribution in [0.15, 0.2) is 12.4 Å². The van der Waals surface area contributed by atoms with E-state index < -0.39 is 0 Å². The molecule has 2 rings (SSSR count). The molecule has 1 aromatic rings. The molecule has 17 heavy (non-hydrogen) atoms. The Labute approximate surface area is 102 Å². The molecule has 1 amide bonds. The van der Waals surface area contributed by atoms with Gasteiger partial charge in [0.25, 0.3) is 0 Å². The standard InChI is InChI=1S/C12H20N4O/c1-13-11(10-6-14-16(3)8-10)12(17)15(2)7-9-4-5-9/h6,8-9,11,13H,4-5,7H2,1-3H3. The van der Waals surface area contributed by atoms with Gasteiger partial charge in [-0.25, -0.2) is 0 Å². The lowest BCUT2D eigenvalue weighted by molar-refractivity contribution is -0.132. The topological polar surface area (TPSA) is 50.2 Å². The zero-order chi connectivity index (χ0) is 12.4. The van der Waals surface area contributed by atoms with Crippen molar-refractivity contribution in [2.45, 2.75) is 18.9 Å². The summed E-state index contributed by atoms with van der Waals surface area (Å²) in [4.78, 5) is 14.1. The lowest BCUT2D eigenvalue weighted by Gasteiger charge is -2.22. The van der Waals surface area contributed by atoms with Gasteiger partial charge >= 0.3 is 0 Å². The molecule has 94 valence electrons. The SMILES string of the molecule is CNC(C(=O)N(C)CC1CC1)c1cnn(C)c1. The first-order valence-corrected chi connectivity index (χ1v) is 6.02. The van der Waals surface area contributed by atoms with Gasteiger partial charge in [-0.1, -0.05) is 0 Å². The summed E-state index contributed by atoms with van der Waals surface area (Å²) in [5.41, 5.74) is 0.919. The molecule has 1 atom stereocenters. The van der Waals surface area contributed by atoms with Crippen LogP contribution < -0.4 is 5.32 Å². The molecular weight excluding hydrogens is 216 g/mol. The minimum absolute atomic E-state index is 0.118. The number of carbonyl (C=O) groups excluding carboxylic acids is 1. The van der Waals surface area contributed by atoms with Gasteiger partial charge in [-0.2, -0.15) is 5.10 Å². The van der Waals surface area contributed by atoms with Gasteiger partial charge in [0.2, 0.25) is 5.91 Å². The second-order valence-electron chi connectivity index (χ2n) is 4.83. The van der Waals surface area contributed by atoms with Crippen LogP contribution in [-0.4, -0.2) is 41.2 Å². The van der Waals surface area contributed by atoms with Crippen LogP contribution in [0.5, 0.6) is 0 Å². The third-order valence-corrected chi connectivity index (χ3v) is 3.20. The second kappa shape index (κ2) is 4.87. The van der Waals surface area contributed by atoms with E-state index in [1.165, 1.54) is 12.8 Å². The molecule has 1 heterocycles. The number of carbonyl (C=O) groups is 1. The smallest absolute Gasteiger partial charge is 0.244 e. The molecule has 0 bridgehead atoms. The van der Waals surface area contributed by atoms with Gasteiger partial charge in [0.05, 0.1) is 6.20 Å². The molecule has 1 N–H and O–H groups in total. The first-order chi connectivity index (χ1) is 8.11. The molecule has 0 radical (unpaired) electrons. The lowest BCUT2D eigenvalue weighted by Crippen LogP contribution is -2.38. The maximum Gasteiger partial charge on any atom is 0.244 e. The van der Waals surface area contributed by atoms with Crippen LogP contribution in [0.3, 0.4) is 0 Å². The van der Waals surface area contributed by atoms with Crippen LogP contribution in [0.4, 0.5) is 0 Å². The maximum absolute atomic E-state index is 12.3. The average molecular weight is 236 g/mol. The zero-order valence-electron chi connectivity index (χ0n) is 10.7. The molecule has 5 nitrogen and oxygen atoms in total. The second-order valence-corrected chi connectivity index (χ2v) is 4.83. The van der Waals surface area contributed by atoms with Gasteiger partial charge in [0, 0.05) is 32.4 Å². The number of aromatic nitrogens is 2. The number of aryl methyl sites for hydroxylation is 1. The molecule has 5 heteroatoms. The van der Waals surface area contributed by atoms with Crippen LogP contribution in [-0.2, 0) is 11.8 Å². The van der Waals surface area contributed by atoms with Crippen molar-refractivity contribution < 1.29 is 4.79 Å². The van der Waals surface area contributed by atoms with Crippen molar-refractivity contribution in [3.63, 3.8) is 0 Å². The van der Waals surface area contributed by atoms with E-state index in [4.69, 9.17) is 0 Å². The minimum Gasteiger partial charge on any atom is -0.344 e. The fourth-order valence-electron chi connectivity index (χ4n) is 2.02. The molecular formula is C12H20N4O. The third-order valence-electron chi connectivity index (χ3n) is 3.20. The Hall–Kier alpha value is -1.36. The predicted molar refractivity (Wildman–Crippen MR) is 65.4 cm³/mol. The summed E-state index contributed by atoms with van der Waals surface area (Å²) >= 11 is 0. The molecule has 1 unspecified atom stereocenters. The molecule has 1 aliphatic rings. The molecule has 0 spiro atoms. The highest BCUT2D eigenvalue weighted by Crippen LogP contribution is 2.30. The van der Waals surface area contributed by atoms with E-state index in [1.54, 1.807) is 17.9 Å². The number of hydrogen-bond acceptors (Lipinski definition) is 3. The molecule has 1 aromatic heterocycles. The van der Waals surface area contributed by atoms with Crippen molar-refractivity contribution in [3.8, 4) is 0 Å². The molecule has 0 aromatic carbocycles. The van der Waals surface area contributed by atoms with Crippen LogP contribution in [0.25, 0.3) is 0 Å². The Morgan fingerprint density at radius 3 is 2.88 bits per heavy atom. The number of rotatable bonds is 5. The largest absolute Gasteiger partial charge is 0.344 e. The van der Waals surface area contributed by atoms with E-state index in [2.05, 4.69) is 10.4 Å². The summed E-state index contributed by atoms with van der Waals surface area (Å²) in [5.74, 6) is 0.836. The Bertz CT molecular complexity index is 397. The highest BCUT2D eigenvalue weighted by Gasteiger charge is 2.28. The number of nitrogens with zero attached hydrogens (tertiary/aromatic N) is 3. The number of amides is 1. The van der Waals surface area contributed by atoms with Crippen LogP contribution in [0.1, 0.15) is 24.4 Å². The number of likely N-dealkylation sites (N-methyl/N-ethyl adjacent to an activating group) is 2. The van der Waals surface area contributed by atoms with Crippen molar-refractivity contribution in [1.82, 2.24) is 20.0 Å². The van der Waals surface area contributed by atoms with Crippen molar-refractivity contribution in [3.05, 3.63) is 18.0 Å². The van der Waals surface area contributed by atoms with E-state index in [1.807, 2.05) is 25.2 Å². The van der Waals surface area contributed by atoms with Crippen molar-refractivity contribution in [1.29, 1.82) is 0 Å². The van der Waals surface area contributed by atoms with Gasteiger partial charge < -0.3 is 10.2 Å². The van der Waals surface area contributed by atoms with E-state index in [9.17, 15) is 4.79 Å². The average Bonchev–Trinajstić information content (AvgIpc) is 3.01. The zero-order valence-corrected chi connectivity index (χ0v) is 10.7. The quantitative estimate of drug-likeness (QED) is 0.812.